The van der Waals surface area contributed by atoms with E-state index in [9.17, 15) is 15.4 Å². The van der Waals surface area contributed by atoms with Crippen molar-refractivity contribution in [2.75, 3.05) is 23.4 Å². The van der Waals surface area contributed by atoms with Crippen molar-refractivity contribution in [1.82, 2.24) is 0 Å². The van der Waals surface area contributed by atoms with E-state index in [0.29, 0.717) is 5.56 Å². The van der Waals surface area contributed by atoms with Gasteiger partial charge in [-0.3, -0.25) is 15.5 Å². The van der Waals surface area contributed by atoms with Gasteiger partial charge in [-0.2, -0.15) is 10.4 Å². The number of nitro benzene ring substituents is 1. The number of anilines is 2. The van der Waals surface area contributed by atoms with Crippen LogP contribution in [0.4, 0.5) is 17.1 Å². The molecule has 0 aliphatic carbocycles. The Morgan fingerprint density at radius 2 is 1.76 bits per heavy atom. The standard InChI is InChI=1S/C18H19N5O2/c1-3-22(4-2)16-11-7-15(8-12-16)20-21-18(13-19)14-5-9-17(10-6-14)23(24)25/h5-12,20H,3-4H2,1-2H3/b21-18-. The molecule has 2 rings (SSSR count). The Morgan fingerprint density at radius 3 is 2.24 bits per heavy atom. The lowest BCUT2D eigenvalue weighted by Crippen LogP contribution is -2.21. The summed E-state index contributed by atoms with van der Waals surface area (Å²) in [4.78, 5) is 12.4. The number of hydrazone groups is 1. The normalized spacial score (nSPS) is 10.8. The first-order valence-electron chi connectivity index (χ1n) is 7.92. The fourth-order valence-corrected chi connectivity index (χ4v) is 2.35. The van der Waals surface area contributed by atoms with Crippen molar-refractivity contribution >= 4 is 22.8 Å². The van der Waals surface area contributed by atoms with Crippen LogP contribution in [0.15, 0.2) is 53.6 Å². The highest BCUT2D eigenvalue weighted by Gasteiger charge is 2.08. The maximum Gasteiger partial charge on any atom is 0.269 e. The highest BCUT2D eigenvalue weighted by Crippen LogP contribution is 2.18. The topological polar surface area (TPSA) is 94.6 Å². The van der Waals surface area contributed by atoms with Gasteiger partial charge in [-0.1, -0.05) is 0 Å². The first-order valence-corrected chi connectivity index (χ1v) is 7.92. The van der Waals surface area contributed by atoms with E-state index in [1.807, 2.05) is 30.3 Å². The maximum atomic E-state index is 10.7. The van der Waals surface area contributed by atoms with Gasteiger partial charge in [0.2, 0.25) is 0 Å². The van der Waals surface area contributed by atoms with Crippen LogP contribution in [0.25, 0.3) is 0 Å². The molecule has 7 nitrogen and oxygen atoms in total. The second-order valence-corrected chi connectivity index (χ2v) is 5.21. The lowest BCUT2D eigenvalue weighted by molar-refractivity contribution is -0.384. The van der Waals surface area contributed by atoms with Crippen LogP contribution in [-0.4, -0.2) is 23.7 Å². The molecule has 2 aromatic rings. The fraction of sp³-hybridized carbons (Fsp3) is 0.222. The summed E-state index contributed by atoms with van der Waals surface area (Å²) < 4.78 is 0. The number of nitrogens with one attached hydrogen (secondary N) is 1. The van der Waals surface area contributed by atoms with Crippen molar-refractivity contribution < 1.29 is 4.92 Å². The molecule has 0 saturated heterocycles. The minimum Gasteiger partial charge on any atom is -0.372 e. The van der Waals surface area contributed by atoms with Crippen LogP contribution in [0.1, 0.15) is 19.4 Å². The molecule has 0 radical (unpaired) electrons. The highest BCUT2D eigenvalue weighted by atomic mass is 16.6. The molecule has 0 unspecified atom stereocenters. The molecule has 0 bridgehead atoms. The average Bonchev–Trinajstić information content (AvgIpc) is 2.65. The molecule has 2 aromatic carbocycles. The average molecular weight is 337 g/mol. The fourth-order valence-electron chi connectivity index (χ4n) is 2.35. The van der Waals surface area contributed by atoms with Crippen molar-refractivity contribution in [3.05, 3.63) is 64.2 Å². The Bertz CT molecular complexity index is 788. The third-order valence-electron chi connectivity index (χ3n) is 3.75. The summed E-state index contributed by atoms with van der Waals surface area (Å²) in [6.07, 6.45) is 0. The Balaban J connectivity index is 2.13. The summed E-state index contributed by atoms with van der Waals surface area (Å²) in [6.45, 7) is 6.06. The van der Waals surface area contributed by atoms with Crippen LogP contribution in [-0.2, 0) is 0 Å². The SMILES string of the molecule is CCN(CC)c1ccc(N/N=C(/C#N)c2ccc([N+](=O)[O-])cc2)cc1. The monoisotopic (exact) mass is 337 g/mol. The zero-order valence-electron chi connectivity index (χ0n) is 14.1. The van der Waals surface area contributed by atoms with Crippen molar-refractivity contribution in [2.45, 2.75) is 13.8 Å². The van der Waals surface area contributed by atoms with Crippen molar-refractivity contribution in [1.29, 1.82) is 5.26 Å². The molecule has 0 fully saturated rings. The van der Waals surface area contributed by atoms with Crippen LogP contribution >= 0.6 is 0 Å². The summed E-state index contributed by atoms with van der Waals surface area (Å²) in [7, 11) is 0. The molecule has 7 heteroatoms. The lowest BCUT2D eigenvalue weighted by Gasteiger charge is -2.21. The van der Waals surface area contributed by atoms with Gasteiger partial charge in [-0.05, 0) is 50.2 Å². The van der Waals surface area contributed by atoms with Crippen molar-refractivity contribution in [2.24, 2.45) is 5.10 Å². The Morgan fingerprint density at radius 1 is 1.16 bits per heavy atom. The number of nitro groups is 1. The van der Waals surface area contributed by atoms with Crippen LogP contribution < -0.4 is 10.3 Å². The summed E-state index contributed by atoms with van der Waals surface area (Å²) in [5.41, 5.74) is 5.37. The van der Waals surface area contributed by atoms with Gasteiger partial charge in [0.25, 0.3) is 5.69 Å². The Kier molecular flexibility index (Phi) is 6.07. The molecule has 0 heterocycles. The summed E-state index contributed by atoms with van der Waals surface area (Å²) in [5.74, 6) is 0. The van der Waals surface area contributed by atoms with Crippen LogP contribution in [0, 0.1) is 21.4 Å². The van der Waals surface area contributed by atoms with Gasteiger partial charge in [0.15, 0.2) is 5.71 Å². The van der Waals surface area contributed by atoms with Gasteiger partial charge < -0.3 is 4.90 Å². The first kappa shape index (κ1) is 17.9. The van der Waals surface area contributed by atoms with Gasteiger partial charge in [0.05, 0.1) is 10.6 Å². The number of rotatable bonds is 7. The van der Waals surface area contributed by atoms with E-state index < -0.39 is 4.92 Å². The largest absolute Gasteiger partial charge is 0.372 e. The van der Waals surface area contributed by atoms with E-state index in [1.165, 1.54) is 24.3 Å². The van der Waals surface area contributed by atoms with Crippen LogP contribution in [0.2, 0.25) is 0 Å². The summed E-state index contributed by atoms with van der Waals surface area (Å²) >= 11 is 0. The minimum absolute atomic E-state index is 0.0269. The van der Waals surface area contributed by atoms with E-state index in [0.717, 1.165) is 24.5 Å². The molecule has 0 aromatic heterocycles. The first-order chi connectivity index (χ1) is 12.1. The number of hydrogen-bond acceptors (Lipinski definition) is 6. The number of benzene rings is 2. The van der Waals surface area contributed by atoms with E-state index in [1.54, 1.807) is 0 Å². The molecule has 128 valence electrons. The molecule has 0 amide bonds. The molecule has 1 N–H and O–H groups in total. The molecule has 0 saturated carbocycles. The maximum absolute atomic E-state index is 10.7. The van der Waals surface area contributed by atoms with Gasteiger partial charge in [0.1, 0.15) is 6.07 Å². The molecular formula is C18H19N5O2. The molecular weight excluding hydrogens is 318 g/mol. The van der Waals surface area contributed by atoms with Gasteiger partial charge in [0, 0.05) is 36.5 Å². The predicted molar refractivity (Wildman–Crippen MR) is 98.9 cm³/mol. The minimum atomic E-state index is -0.483. The van der Waals surface area contributed by atoms with E-state index in [2.05, 4.69) is 29.3 Å². The van der Waals surface area contributed by atoms with E-state index in [4.69, 9.17) is 0 Å². The second kappa shape index (κ2) is 8.45. The summed E-state index contributed by atoms with van der Waals surface area (Å²) in [6, 6.07) is 15.5. The lowest BCUT2D eigenvalue weighted by atomic mass is 10.1. The number of nitriles is 1. The molecule has 0 atom stereocenters. The Hall–Kier alpha value is -3.40. The van der Waals surface area contributed by atoms with Crippen LogP contribution in [0.5, 0.6) is 0 Å². The van der Waals surface area contributed by atoms with Crippen molar-refractivity contribution in [3.8, 4) is 6.07 Å². The molecule has 0 aliphatic heterocycles. The smallest absolute Gasteiger partial charge is 0.269 e. The number of nitrogens with zero attached hydrogens (tertiary/aromatic N) is 4. The van der Waals surface area contributed by atoms with E-state index in [-0.39, 0.29) is 11.4 Å². The molecule has 0 aliphatic rings. The zero-order chi connectivity index (χ0) is 18.2. The number of non-ortho nitro benzene ring substituents is 1. The second-order valence-electron chi connectivity index (χ2n) is 5.21. The Labute approximate surface area is 146 Å². The third kappa shape index (κ3) is 4.54. The van der Waals surface area contributed by atoms with Crippen molar-refractivity contribution in [3.63, 3.8) is 0 Å². The third-order valence-corrected chi connectivity index (χ3v) is 3.75. The quantitative estimate of drug-likeness (QED) is 0.471. The highest BCUT2D eigenvalue weighted by molar-refractivity contribution is 6.11. The predicted octanol–water partition coefficient (Wildman–Crippen LogP) is 3.78. The molecule has 25 heavy (non-hydrogen) atoms. The summed E-state index contributed by atoms with van der Waals surface area (Å²) in [5, 5.41) is 24.0. The van der Waals surface area contributed by atoms with Gasteiger partial charge in [-0.25, -0.2) is 0 Å². The van der Waals surface area contributed by atoms with Crippen LogP contribution in [0.3, 0.4) is 0 Å². The number of hydrogen-bond donors (Lipinski definition) is 1. The van der Waals surface area contributed by atoms with Gasteiger partial charge in [-0.15, -0.1) is 0 Å². The van der Waals surface area contributed by atoms with E-state index >= 15 is 0 Å². The molecule has 0 spiro atoms. The van der Waals surface area contributed by atoms with Gasteiger partial charge >= 0.3 is 0 Å². The zero-order valence-corrected chi connectivity index (χ0v) is 14.1.